The van der Waals surface area contributed by atoms with Gasteiger partial charge in [0.25, 0.3) is 0 Å². The molecule has 4 aromatic rings. The molecule has 216 valence electrons. The second kappa shape index (κ2) is 11.7. The Hall–Kier alpha value is -4.59. The van der Waals surface area contributed by atoms with Crippen LogP contribution in [-0.2, 0) is 16.0 Å². The number of amides is 1. The van der Waals surface area contributed by atoms with Crippen molar-refractivity contribution < 1.29 is 14.3 Å². The summed E-state index contributed by atoms with van der Waals surface area (Å²) in [7, 11) is 1.39. The molecule has 0 bridgehead atoms. The van der Waals surface area contributed by atoms with E-state index in [0.29, 0.717) is 12.1 Å². The van der Waals surface area contributed by atoms with Gasteiger partial charge in [-0.2, -0.15) is 0 Å². The van der Waals surface area contributed by atoms with Gasteiger partial charge in [0.2, 0.25) is 5.91 Å². The number of methoxy groups -OCH3 is 1. The smallest absolute Gasteiger partial charge is 0.337 e. The van der Waals surface area contributed by atoms with Crippen LogP contribution in [0.4, 0.5) is 22.7 Å². The van der Waals surface area contributed by atoms with E-state index in [0.717, 1.165) is 78.1 Å². The first-order chi connectivity index (χ1) is 20.4. The number of nitrogens with zero attached hydrogens (tertiary/aromatic N) is 3. The van der Waals surface area contributed by atoms with E-state index in [2.05, 4.69) is 62.9 Å². The lowest BCUT2D eigenvalue weighted by Crippen LogP contribution is -2.50. The molecule has 6 rings (SSSR count). The first kappa shape index (κ1) is 27.6. The average Bonchev–Trinajstić information content (AvgIpc) is 3.00. The molecule has 0 aliphatic carbocycles. The fourth-order valence-electron chi connectivity index (χ4n) is 6.25. The molecule has 0 spiro atoms. The van der Waals surface area contributed by atoms with Crippen LogP contribution in [0.1, 0.15) is 40.0 Å². The zero-order valence-electron chi connectivity index (χ0n) is 24.4. The van der Waals surface area contributed by atoms with Crippen LogP contribution in [0.3, 0.4) is 0 Å². The molecule has 2 aliphatic heterocycles. The number of hydrogen-bond donors (Lipinski definition) is 2. The second-order valence-electron chi connectivity index (χ2n) is 11.2. The zero-order valence-corrected chi connectivity index (χ0v) is 24.4. The number of fused-ring (bicyclic) bond motifs is 2. The van der Waals surface area contributed by atoms with Gasteiger partial charge < -0.3 is 25.2 Å². The standard InChI is InChI=1S/C34H37N5O3/c1-22-18-25(34(41)42-3)20-29-31(19-23(2)36-33(22)29)37-26-8-10-27(11-9-26)38-15-13-28(14-16-38)39-17-12-24-6-4-5-7-30(24)35-21-32(39)40/h4-11,18-20,28,35H,12-17,21H2,1-3H3,(H,36,37). The molecule has 0 atom stereocenters. The molecule has 42 heavy (non-hydrogen) atoms. The number of ether oxygens (including phenoxy) is 1. The monoisotopic (exact) mass is 563 g/mol. The molecule has 1 saturated heterocycles. The maximum atomic E-state index is 13.0. The highest BCUT2D eigenvalue weighted by atomic mass is 16.5. The lowest BCUT2D eigenvalue weighted by atomic mass is 10.00. The third-order valence-corrected chi connectivity index (χ3v) is 8.46. The van der Waals surface area contributed by atoms with Gasteiger partial charge >= 0.3 is 5.97 Å². The zero-order chi connectivity index (χ0) is 29.2. The molecule has 3 heterocycles. The lowest BCUT2D eigenvalue weighted by Gasteiger charge is -2.40. The van der Waals surface area contributed by atoms with Crippen molar-refractivity contribution >= 4 is 45.5 Å². The van der Waals surface area contributed by atoms with Crippen LogP contribution in [0.5, 0.6) is 0 Å². The normalized spacial score (nSPS) is 15.9. The van der Waals surface area contributed by atoms with Crippen molar-refractivity contribution in [3.8, 4) is 0 Å². The lowest BCUT2D eigenvalue weighted by molar-refractivity contribution is -0.132. The predicted octanol–water partition coefficient (Wildman–Crippen LogP) is 5.85. The van der Waals surface area contributed by atoms with Crippen LogP contribution >= 0.6 is 0 Å². The average molecular weight is 564 g/mol. The Labute approximate surface area is 246 Å². The van der Waals surface area contributed by atoms with Crippen LogP contribution in [0.25, 0.3) is 10.9 Å². The van der Waals surface area contributed by atoms with Gasteiger partial charge in [0.1, 0.15) is 0 Å². The number of nitrogens with one attached hydrogen (secondary N) is 2. The number of rotatable bonds is 5. The maximum Gasteiger partial charge on any atom is 0.337 e. The molecule has 8 nitrogen and oxygen atoms in total. The first-order valence-electron chi connectivity index (χ1n) is 14.6. The fourth-order valence-corrected chi connectivity index (χ4v) is 6.25. The third kappa shape index (κ3) is 5.62. The van der Waals surface area contributed by atoms with E-state index in [9.17, 15) is 9.59 Å². The van der Waals surface area contributed by atoms with Crippen molar-refractivity contribution in [3.05, 3.63) is 89.1 Å². The summed E-state index contributed by atoms with van der Waals surface area (Å²) >= 11 is 0. The summed E-state index contributed by atoms with van der Waals surface area (Å²) in [5.74, 6) is -0.177. The molecule has 2 aliphatic rings. The van der Waals surface area contributed by atoms with Gasteiger partial charge in [0, 0.05) is 59.5 Å². The number of aryl methyl sites for hydroxylation is 2. The summed E-state index contributed by atoms with van der Waals surface area (Å²) < 4.78 is 4.96. The number of esters is 1. The van der Waals surface area contributed by atoms with E-state index in [1.54, 1.807) is 0 Å². The number of aromatic nitrogens is 1. The van der Waals surface area contributed by atoms with Crippen LogP contribution in [0.15, 0.2) is 66.7 Å². The van der Waals surface area contributed by atoms with Gasteiger partial charge in [-0.05, 0) is 92.8 Å². The molecule has 3 aromatic carbocycles. The third-order valence-electron chi connectivity index (χ3n) is 8.46. The van der Waals surface area contributed by atoms with Crippen molar-refractivity contribution in [2.45, 2.75) is 39.2 Å². The predicted molar refractivity (Wildman–Crippen MR) is 168 cm³/mol. The molecule has 1 aromatic heterocycles. The summed E-state index contributed by atoms with van der Waals surface area (Å²) in [6.07, 6.45) is 2.79. The number of hydrogen-bond acceptors (Lipinski definition) is 7. The molecular formula is C34H37N5O3. The van der Waals surface area contributed by atoms with E-state index in [-0.39, 0.29) is 17.9 Å². The maximum absolute atomic E-state index is 13.0. The van der Waals surface area contributed by atoms with Crippen LogP contribution in [0.2, 0.25) is 0 Å². The van der Waals surface area contributed by atoms with Gasteiger partial charge in [0.15, 0.2) is 0 Å². The van der Waals surface area contributed by atoms with Crippen LogP contribution < -0.4 is 15.5 Å². The van der Waals surface area contributed by atoms with E-state index in [4.69, 9.17) is 9.72 Å². The Bertz CT molecular complexity index is 1630. The molecule has 1 amide bonds. The Morgan fingerprint density at radius 2 is 1.76 bits per heavy atom. The number of anilines is 4. The quantitative estimate of drug-likeness (QED) is 0.295. The topological polar surface area (TPSA) is 86.8 Å². The summed E-state index contributed by atoms with van der Waals surface area (Å²) in [6.45, 7) is 6.88. The molecule has 2 N–H and O–H groups in total. The minimum Gasteiger partial charge on any atom is -0.465 e. The summed E-state index contributed by atoms with van der Waals surface area (Å²) in [6, 6.07) is 22.7. The van der Waals surface area contributed by atoms with Crippen molar-refractivity contribution in [3.63, 3.8) is 0 Å². The van der Waals surface area contributed by atoms with Gasteiger partial charge in [-0.25, -0.2) is 4.79 Å². The largest absolute Gasteiger partial charge is 0.465 e. The second-order valence-corrected chi connectivity index (χ2v) is 11.2. The van der Waals surface area contributed by atoms with Crippen molar-refractivity contribution in [1.82, 2.24) is 9.88 Å². The van der Waals surface area contributed by atoms with Crippen molar-refractivity contribution in [2.24, 2.45) is 0 Å². The van der Waals surface area contributed by atoms with Gasteiger partial charge in [-0.15, -0.1) is 0 Å². The summed E-state index contributed by atoms with van der Waals surface area (Å²) in [4.78, 5) is 34.5. The number of carbonyl (C=O) groups is 2. The van der Waals surface area contributed by atoms with E-state index in [1.165, 1.54) is 18.4 Å². The minimum atomic E-state index is -0.364. The Kier molecular flexibility index (Phi) is 7.69. The molecular weight excluding hydrogens is 526 g/mol. The molecule has 1 fully saturated rings. The van der Waals surface area contributed by atoms with Crippen molar-refractivity contribution in [1.29, 1.82) is 0 Å². The van der Waals surface area contributed by atoms with Gasteiger partial charge in [0.05, 0.1) is 24.7 Å². The summed E-state index contributed by atoms with van der Waals surface area (Å²) in [5.41, 5.74) is 8.58. The van der Waals surface area contributed by atoms with Gasteiger partial charge in [-0.1, -0.05) is 18.2 Å². The van der Waals surface area contributed by atoms with Gasteiger partial charge in [-0.3, -0.25) is 9.78 Å². The molecule has 0 unspecified atom stereocenters. The number of pyridine rings is 1. The molecule has 0 saturated carbocycles. The minimum absolute atomic E-state index is 0.186. The Balaban J connectivity index is 1.12. The molecule has 8 heteroatoms. The highest BCUT2D eigenvalue weighted by molar-refractivity contribution is 6.01. The van der Waals surface area contributed by atoms with Crippen LogP contribution in [-0.4, -0.2) is 61.1 Å². The summed E-state index contributed by atoms with van der Waals surface area (Å²) in [5, 5.41) is 7.76. The number of benzene rings is 3. The number of piperidine rings is 1. The van der Waals surface area contributed by atoms with Crippen LogP contribution in [0, 0.1) is 13.8 Å². The number of para-hydroxylation sites is 1. The highest BCUT2D eigenvalue weighted by Crippen LogP contribution is 2.31. The fraction of sp³-hybridized carbons (Fsp3) is 0.324. The molecule has 0 radical (unpaired) electrons. The van der Waals surface area contributed by atoms with E-state index >= 15 is 0 Å². The highest BCUT2D eigenvalue weighted by Gasteiger charge is 2.29. The van der Waals surface area contributed by atoms with E-state index < -0.39 is 0 Å². The van der Waals surface area contributed by atoms with E-state index in [1.807, 2.05) is 38.1 Å². The Morgan fingerprint density at radius 3 is 2.52 bits per heavy atom. The first-order valence-corrected chi connectivity index (χ1v) is 14.6. The number of carbonyl (C=O) groups excluding carboxylic acids is 2. The SMILES string of the molecule is COC(=O)c1cc(C)c2nc(C)cc(Nc3ccc(N4CCC(N5CCc6ccccc6NCC5=O)CC4)cc3)c2c1. The van der Waals surface area contributed by atoms with Crippen molar-refractivity contribution in [2.75, 3.05) is 48.8 Å². The Morgan fingerprint density at radius 1 is 1.00 bits per heavy atom.